The molecule has 1 fully saturated rings. The number of nitrogens with zero attached hydrogens (tertiary/aromatic N) is 2. The molecule has 22 heavy (non-hydrogen) atoms. The number of aromatic nitrogens is 2. The fourth-order valence-corrected chi connectivity index (χ4v) is 2.95. The molecule has 2 amide bonds. The summed E-state index contributed by atoms with van der Waals surface area (Å²) in [4.78, 5) is 20.6. The van der Waals surface area contributed by atoms with E-state index in [9.17, 15) is 4.79 Å². The molecule has 1 heterocycles. The second kappa shape index (κ2) is 9.35. The number of carbonyl (C=O) groups is 1. The van der Waals surface area contributed by atoms with Crippen molar-refractivity contribution >= 4 is 6.03 Å². The Bertz CT molecular complexity index is 435. The summed E-state index contributed by atoms with van der Waals surface area (Å²) in [5.74, 6) is 1.33. The summed E-state index contributed by atoms with van der Waals surface area (Å²) in [6, 6.07) is 1.47. The van der Waals surface area contributed by atoms with Crippen molar-refractivity contribution in [1.29, 1.82) is 0 Å². The zero-order chi connectivity index (χ0) is 15.6. The smallest absolute Gasteiger partial charge is 0.315 e. The van der Waals surface area contributed by atoms with Crippen LogP contribution in [0.3, 0.4) is 0 Å². The van der Waals surface area contributed by atoms with Gasteiger partial charge in [0.05, 0.1) is 12.6 Å². The van der Waals surface area contributed by atoms with Gasteiger partial charge in [-0.1, -0.05) is 32.1 Å². The van der Waals surface area contributed by atoms with Crippen molar-refractivity contribution in [2.45, 2.75) is 44.6 Å². The lowest BCUT2D eigenvalue weighted by atomic mass is 9.84. The number of hydrogen-bond donors (Lipinski definition) is 2. The van der Waals surface area contributed by atoms with Crippen LogP contribution in [-0.4, -0.2) is 36.3 Å². The highest BCUT2D eigenvalue weighted by atomic mass is 16.5. The van der Waals surface area contributed by atoms with Crippen molar-refractivity contribution in [3.8, 4) is 0 Å². The fraction of sp³-hybridized carbons (Fsp3) is 0.688. The van der Waals surface area contributed by atoms with Crippen molar-refractivity contribution in [3.05, 3.63) is 24.3 Å². The number of hydrogen-bond acceptors (Lipinski definition) is 4. The third kappa shape index (κ3) is 5.60. The molecular formula is C16H26N4O2. The number of urea groups is 1. The van der Waals surface area contributed by atoms with Gasteiger partial charge in [-0.25, -0.2) is 14.8 Å². The van der Waals surface area contributed by atoms with E-state index in [0.717, 1.165) is 6.42 Å². The van der Waals surface area contributed by atoms with Gasteiger partial charge < -0.3 is 15.4 Å². The number of rotatable bonds is 7. The minimum Gasteiger partial charge on any atom is -0.383 e. The Hall–Kier alpha value is -1.69. The predicted octanol–water partition coefficient (Wildman–Crippen LogP) is 2.43. The minimum atomic E-state index is -0.190. The third-order valence-corrected chi connectivity index (χ3v) is 4.09. The van der Waals surface area contributed by atoms with Crippen LogP contribution in [0.2, 0.25) is 0 Å². The van der Waals surface area contributed by atoms with Crippen LogP contribution in [0.5, 0.6) is 0 Å². The van der Waals surface area contributed by atoms with Crippen molar-refractivity contribution in [1.82, 2.24) is 20.6 Å². The zero-order valence-electron chi connectivity index (χ0n) is 13.3. The first kappa shape index (κ1) is 16.7. The molecule has 2 N–H and O–H groups in total. The maximum absolute atomic E-state index is 12.0. The highest BCUT2D eigenvalue weighted by molar-refractivity contribution is 5.74. The van der Waals surface area contributed by atoms with Crippen molar-refractivity contribution in [2.75, 3.05) is 20.3 Å². The first-order chi connectivity index (χ1) is 10.8. The van der Waals surface area contributed by atoms with Gasteiger partial charge in [-0.2, -0.15) is 0 Å². The number of nitrogens with one attached hydrogen (secondary N) is 2. The minimum absolute atomic E-state index is 0.133. The molecule has 122 valence electrons. The Morgan fingerprint density at radius 1 is 1.32 bits per heavy atom. The topological polar surface area (TPSA) is 76.1 Å². The van der Waals surface area contributed by atoms with Crippen LogP contribution in [0.25, 0.3) is 0 Å². The molecule has 0 spiro atoms. The summed E-state index contributed by atoms with van der Waals surface area (Å²) in [7, 11) is 1.61. The maximum atomic E-state index is 12.0. The van der Waals surface area contributed by atoms with E-state index in [0.29, 0.717) is 24.9 Å². The monoisotopic (exact) mass is 306 g/mol. The first-order valence-electron chi connectivity index (χ1n) is 8.10. The standard InChI is InChI=1S/C16H26N4O2/c1-22-11-10-19-16(21)20-14(15-17-8-5-9-18-15)12-13-6-3-2-4-7-13/h5,8-9,13-14H,2-4,6-7,10-12H2,1H3,(H2,19,20,21)/t14-/m0/s1. The third-order valence-electron chi connectivity index (χ3n) is 4.09. The summed E-state index contributed by atoms with van der Waals surface area (Å²) < 4.78 is 4.94. The van der Waals surface area contributed by atoms with Crippen LogP contribution in [0.1, 0.15) is 50.4 Å². The van der Waals surface area contributed by atoms with E-state index >= 15 is 0 Å². The molecule has 0 aliphatic heterocycles. The number of amides is 2. The normalized spacial score (nSPS) is 17.0. The highest BCUT2D eigenvalue weighted by Gasteiger charge is 2.23. The van der Waals surface area contributed by atoms with E-state index in [1.165, 1.54) is 32.1 Å². The summed E-state index contributed by atoms with van der Waals surface area (Å²) in [6.45, 7) is 0.997. The quantitative estimate of drug-likeness (QED) is 0.759. The molecule has 6 heteroatoms. The predicted molar refractivity (Wildman–Crippen MR) is 84.4 cm³/mol. The van der Waals surface area contributed by atoms with Crippen molar-refractivity contribution < 1.29 is 9.53 Å². The molecule has 1 aliphatic rings. The van der Waals surface area contributed by atoms with Crippen LogP contribution in [0, 0.1) is 5.92 Å². The van der Waals surface area contributed by atoms with Crippen LogP contribution in [0.15, 0.2) is 18.5 Å². The second-order valence-electron chi connectivity index (χ2n) is 5.79. The SMILES string of the molecule is COCCNC(=O)N[C@@H](CC1CCCCC1)c1ncccn1. The Kier molecular flexibility index (Phi) is 7.09. The van der Waals surface area contributed by atoms with E-state index < -0.39 is 0 Å². The molecule has 0 radical (unpaired) electrons. The Labute approximate surface area is 132 Å². The average Bonchev–Trinajstić information content (AvgIpc) is 2.56. The fourth-order valence-electron chi connectivity index (χ4n) is 2.95. The van der Waals surface area contributed by atoms with Crippen LogP contribution < -0.4 is 10.6 Å². The molecular weight excluding hydrogens is 280 g/mol. The second-order valence-corrected chi connectivity index (χ2v) is 5.79. The van der Waals surface area contributed by atoms with Crippen molar-refractivity contribution in [2.24, 2.45) is 5.92 Å². The van der Waals surface area contributed by atoms with Gasteiger partial charge in [0.2, 0.25) is 0 Å². The average molecular weight is 306 g/mol. The molecule has 2 rings (SSSR count). The molecule has 1 aromatic rings. The molecule has 0 unspecified atom stereocenters. The molecule has 1 aromatic heterocycles. The Morgan fingerprint density at radius 2 is 2.05 bits per heavy atom. The summed E-state index contributed by atoms with van der Waals surface area (Å²) in [5, 5.41) is 5.80. The van der Waals surface area contributed by atoms with E-state index in [1.807, 2.05) is 0 Å². The Balaban J connectivity index is 1.93. The molecule has 1 saturated carbocycles. The summed E-state index contributed by atoms with van der Waals surface area (Å²) in [6.07, 6.45) is 10.7. The van der Waals surface area contributed by atoms with Gasteiger partial charge in [-0.05, 0) is 18.4 Å². The first-order valence-corrected chi connectivity index (χ1v) is 8.10. The number of carbonyl (C=O) groups excluding carboxylic acids is 1. The lowest BCUT2D eigenvalue weighted by Crippen LogP contribution is -2.40. The molecule has 6 nitrogen and oxygen atoms in total. The lowest BCUT2D eigenvalue weighted by Gasteiger charge is -2.26. The van der Waals surface area contributed by atoms with Gasteiger partial charge in [0.15, 0.2) is 5.82 Å². The van der Waals surface area contributed by atoms with E-state index in [1.54, 1.807) is 25.6 Å². The largest absolute Gasteiger partial charge is 0.383 e. The van der Waals surface area contributed by atoms with Gasteiger partial charge in [0.25, 0.3) is 0 Å². The lowest BCUT2D eigenvalue weighted by molar-refractivity contribution is 0.194. The molecule has 0 saturated heterocycles. The van der Waals surface area contributed by atoms with Gasteiger partial charge in [0, 0.05) is 26.0 Å². The zero-order valence-corrected chi connectivity index (χ0v) is 13.3. The maximum Gasteiger partial charge on any atom is 0.315 e. The summed E-state index contributed by atoms with van der Waals surface area (Å²) in [5.41, 5.74) is 0. The van der Waals surface area contributed by atoms with E-state index in [4.69, 9.17) is 4.74 Å². The van der Waals surface area contributed by atoms with Gasteiger partial charge in [-0.3, -0.25) is 0 Å². The molecule has 1 atom stereocenters. The van der Waals surface area contributed by atoms with Crippen LogP contribution in [-0.2, 0) is 4.74 Å². The van der Waals surface area contributed by atoms with Gasteiger partial charge in [0.1, 0.15) is 0 Å². The van der Waals surface area contributed by atoms with Gasteiger partial charge in [-0.15, -0.1) is 0 Å². The molecule has 1 aliphatic carbocycles. The molecule has 0 aromatic carbocycles. The number of methoxy groups -OCH3 is 1. The van der Waals surface area contributed by atoms with Crippen LogP contribution in [0.4, 0.5) is 4.79 Å². The number of ether oxygens (including phenoxy) is 1. The van der Waals surface area contributed by atoms with E-state index in [2.05, 4.69) is 20.6 Å². The van der Waals surface area contributed by atoms with E-state index in [-0.39, 0.29) is 12.1 Å². The Morgan fingerprint density at radius 3 is 2.73 bits per heavy atom. The van der Waals surface area contributed by atoms with Crippen molar-refractivity contribution in [3.63, 3.8) is 0 Å². The van der Waals surface area contributed by atoms with Gasteiger partial charge >= 0.3 is 6.03 Å². The molecule has 0 bridgehead atoms. The van der Waals surface area contributed by atoms with Crippen LogP contribution >= 0.6 is 0 Å². The highest BCUT2D eigenvalue weighted by Crippen LogP contribution is 2.30. The summed E-state index contributed by atoms with van der Waals surface area (Å²) >= 11 is 0.